The minimum absolute atomic E-state index is 0.0104. The molecule has 2 fully saturated rings. The summed E-state index contributed by atoms with van der Waals surface area (Å²) < 4.78 is 13.1. The molecular formula is C22H32FN3O2. The highest BCUT2D eigenvalue weighted by atomic mass is 19.1. The number of rotatable bonds is 6. The maximum absolute atomic E-state index is 13.1. The zero-order valence-electron chi connectivity index (χ0n) is 17.0. The molecule has 1 atom stereocenters. The Morgan fingerprint density at radius 3 is 2.25 bits per heavy atom. The summed E-state index contributed by atoms with van der Waals surface area (Å²) in [4.78, 5) is 29.5. The van der Waals surface area contributed by atoms with E-state index in [1.807, 2.05) is 18.7 Å². The maximum atomic E-state index is 13.1. The van der Waals surface area contributed by atoms with Gasteiger partial charge in [-0.15, -0.1) is 0 Å². The van der Waals surface area contributed by atoms with E-state index in [2.05, 4.69) is 10.2 Å². The summed E-state index contributed by atoms with van der Waals surface area (Å²) in [5, 5.41) is 3.06. The molecule has 0 radical (unpaired) electrons. The smallest absolute Gasteiger partial charge is 0.237 e. The molecule has 2 amide bonds. The second-order valence-corrected chi connectivity index (χ2v) is 8.35. The van der Waals surface area contributed by atoms with Crippen molar-refractivity contribution in [1.29, 1.82) is 0 Å². The third kappa shape index (κ3) is 5.10. The van der Waals surface area contributed by atoms with Gasteiger partial charge < -0.3 is 10.2 Å². The van der Waals surface area contributed by atoms with Gasteiger partial charge in [0.15, 0.2) is 0 Å². The average Bonchev–Trinajstić information content (AvgIpc) is 3.22. The molecule has 2 aliphatic rings. The number of carbonyl (C=O) groups excluding carboxylic acids is 2. The Hall–Kier alpha value is -1.95. The van der Waals surface area contributed by atoms with Gasteiger partial charge in [0, 0.05) is 38.6 Å². The lowest BCUT2D eigenvalue weighted by Crippen LogP contribution is -2.58. The van der Waals surface area contributed by atoms with E-state index in [4.69, 9.17) is 0 Å². The summed E-state index contributed by atoms with van der Waals surface area (Å²) in [5.41, 5.74) is 0.896. The Morgan fingerprint density at radius 1 is 1.07 bits per heavy atom. The van der Waals surface area contributed by atoms with E-state index in [-0.39, 0.29) is 29.6 Å². The van der Waals surface area contributed by atoms with Gasteiger partial charge in [0.05, 0.1) is 6.04 Å². The highest BCUT2D eigenvalue weighted by Gasteiger charge is 2.37. The van der Waals surface area contributed by atoms with E-state index in [1.54, 1.807) is 12.1 Å². The second-order valence-electron chi connectivity index (χ2n) is 8.35. The van der Waals surface area contributed by atoms with Crippen LogP contribution in [0.1, 0.15) is 45.1 Å². The molecule has 5 nitrogen and oxygen atoms in total. The fraction of sp³-hybridized carbons (Fsp3) is 0.636. The molecule has 1 heterocycles. The van der Waals surface area contributed by atoms with Crippen molar-refractivity contribution in [1.82, 2.24) is 15.1 Å². The number of benzene rings is 1. The van der Waals surface area contributed by atoms with Crippen molar-refractivity contribution in [3.05, 3.63) is 35.6 Å². The van der Waals surface area contributed by atoms with E-state index >= 15 is 0 Å². The van der Waals surface area contributed by atoms with Crippen LogP contribution in [0.25, 0.3) is 0 Å². The zero-order chi connectivity index (χ0) is 20.1. The van der Waals surface area contributed by atoms with Gasteiger partial charge in [-0.2, -0.15) is 0 Å². The first-order valence-corrected chi connectivity index (χ1v) is 10.5. The number of nitrogens with one attached hydrogen (secondary N) is 1. The third-order valence-corrected chi connectivity index (χ3v) is 6.01. The van der Waals surface area contributed by atoms with Crippen molar-refractivity contribution in [3.63, 3.8) is 0 Å². The molecule has 1 aliphatic heterocycles. The van der Waals surface area contributed by atoms with Crippen LogP contribution in [0.5, 0.6) is 0 Å². The Labute approximate surface area is 167 Å². The number of carbonyl (C=O) groups is 2. The van der Waals surface area contributed by atoms with Crippen molar-refractivity contribution < 1.29 is 14.0 Å². The molecule has 28 heavy (non-hydrogen) atoms. The van der Waals surface area contributed by atoms with Gasteiger partial charge in [0.25, 0.3) is 0 Å². The zero-order valence-corrected chi connectivity index (χ0v) is 17.0. The van der Waals surface area contributed by atoms with Crippen molar-refractivity contribution in [2.75, 3.05) is 26.2 Å². The predicted molar refractivity (Wildman–Crippen MR) is 107 cm³/mol. The lowest BCUT2D eigenvalue weighted by atomic mass is 9.94. The van der Waals surface area contributed by atoms with Crippen LogP contribution in [-0.4, -0.2) is 53.8 Å². The normalized spacial score (nSPS) is 19.8. The lowest BCUT2D eigenvalue weighted by molar-refractivity contribution is -0.138. The molecule has 154 valence electrons. The lowest BCUT2D eigenvalue weighted by Gasteiger charge is -2.41. The quantitative estimate of drug-likeness (QED) is 0.814. The van der Waals surface area contributed by atoms with Gasteiger partial charge in [-0.25, -0.2) is 4.39 Å². The van der Waals surface area contributed by atoms with E-state index in [1.165, 1.54) is 25.0 Å². The van der Waals surface area contributed by atoms with Gasteiger partial charge >= 0.3 is 0 Å². The summed E-state index contributed by atoms with van der Waals surface area (Å²) in [6.07, 6.45) is 4.52. The Bertz CT molecular complexity index is 663. The standard InChI is InChI=1S/C22H32FN3O2/c1-16(2)22(28)26-13-11-25(12-14-26)20(18-5-3-4-6-18)21(27)24-15-17-7-9-19(23)10-8-17/h7-10,16,18,20H,3-6,11-15H2,1-2H3,(H,24,27)/t20-/m0/s1. The van der Waals surface area contributed by atoms with Gasteiger partial charge in [0.1, 0.15) is 5.82 Å². The second kappa shape index (κ2) is 9.50. The number of amides is 2. The number of nitrogens with zero attached hydrogens (tertiary/aromatic N) is 2. The van der Waals surface area contributed by atoms with Crippen LogP contribution in [0.15, 0.2) is 24.3 Å². The topological polar surface area (TPSA) is 52.7 Å². The Kier molecular flexibility index (Phi) is 7.05. The van der Waals surface area contributed by atoms with Crippen LogP contribution in [0.4, 0.5) is 4.39 Å². The molecule has 0 aromatic heterocycles. The van der Waals surface area contributed by atoms with Crippen LogP contribution in [0, 0.1) is 17.7 Å². The number of hydrogen-bond acceptors (Lipinski definition) is 3. The van der Waals surface area contributed by atoms with Crippen LogP contribution in [-0.2, 0) is 16.1 Å². The molecule has 1 saturated heterocycles. The van der Waals surface area contributed by atoms with Gasteiger partial charge in [-0.3, -0.25) is 14.5 Å². The first-order valence-electron chi connectivity index (χ1n) is 10.5. The van der Waals surface area contributed by atoms with Crippen molar-refractivity contribution in [3.8, 4) is 0 Å². The highest BCUT2D eigenvalue weighted by Crippen LogP contribution is 2.31. The molecule has 0 spiro atoms. The molecule has 1 aromatic carbocycles. The van der Waals surface area contributed by atoms with Crippen LogP contribution >= 0.6 is 0 Å². The fourth-order valence-electron chi connectivity index (χ4n) is 4.43. The van der Waals surface area contributed by atoms with Crippen molar-refractivity contribution >= 4 is 11.8 Å². The number of piperazine rings is 1. The third-order valence-electron chi connectivity index (χ3n) is 6.01. The maximum Gasteiger partial charge on any atom is 0.237 e. The van der Waals surface area contributed by atoms with Gasteiger partial charge in [-0.05, 0) is 36.5 Å². The summed E-state index contributed by atoms with van der Waals surface area (Å²) >= 11 is 0. The summed E-state index contributed by atoms with van der Waals surface area (Å²) in [6, 6.07) is 6.11. The van der Waals surface area contributed by atoms with E-state index in [0.717, 1.165) is 31.5 Å². The van der Waals surface area contributed by atoms with Gasteiger partial charge in [-0.1, -0.05) is 38.8 Å². The summed E-state index contributed by atoms with van der Waals surface area (Å²) in [6.45, 7) is 7.12. The number of halogens is 1. The molecule has 1 aliphatic carbocycles. The largest absolute Gasteiger partial charge is 0.351 e. The van der Waals surface area contributed by atoms with E-state index in [0.29, 0.717) is 25.6 Å². The van der Waals surface area contributed by atoms with Crippen LogP contribution in [0.2, 0.25) is 0 Å². The molecule has 0 unspecified atom stereocenters. The van der Waals surface area contributed by atoms with E-state index < -0.39 is 0 Å². The van der Waals surface area contributed by atoms with Crippen molar-refractivity contribution in [2.24, 2.45) is 11.8 Å². The molecule has 1 aromatic rings. The minimum Gasteiger partial charge on any atom is -0.351 e. The fourth-order valence-corrected chi connectivity index (χ4v) is 4.43. The molecule has 6 heteroatoms. The Morgan fingerprint density at radius 2 is 1.68 bits per heavy atom. The first kappa shape index (κ1) is 20.8. The molecule has 1 saturated carbocycles. The minimum atomic E-state index is -0.271. The molecule has 0 bridgehead atoms. The molecule has 3 rings (SSSR count). The monoisotopic (exact) mass is 389 g/mol. The van der Waals surface area contributed by atoms with Crippen molar-refractivity contribution in [2.45, 2.75) is 52.1 Å². The first-order chi connectivity index (χ1) is 13.5. The van der Waals surface area contributed by atoms with E-state index in [9.17, 15) is 14.0 Å². The summed E-state index contributed by atoms with van der Waals surface area (Å²) in [7, 11) is 0. The number of hydrogen-bond donors (Lipinski definition) is 1. The SMILES string of the molecule is CC(C)C(=O)N1CCN([C@H](C(=O)NCc2ccc(F)cc2)C2CCCC2)CC1. The van der Waals surface area contributed by atoms with Crippen LogP contribution in [0.3, 0.4) is 0 Å². The summed E-state index contributed by atoms with van der Waals surface area (Å²) in [5.74, 6) is 0.363. The Balaban J connectivity index is 1.61. The predicted octanol–water partition coefficient (Wildman–Crippen LogP) is 2.80. The van der Waals surface area contributed by atoms with Crippen LogP contribution < -0.4 is 5.32 Å². The molecule has 1 N–H and O–H groups in total. The highest BCUT2D eigenvalue weighted by molar-refractivity contribution is 5.82. The average molecular weight is 390 g/mol. The van der Waals surface area contributed by atoms with Gasteiger partial charge in [0.2, 0.25) is 11.8 Å². The molecular weight excluding hydrogens is 357 g/mol.